The van der Waals surface area contributed by atoms with Crippen LogP contribution >= 0.6 is 0 Å². The number of sulfone groups is 1. The van der Waals surface area contributed by atoms with Crippen molar-refractivity contribution in [2.45, 2.75) is 25.8 Å². The van der Waals surface area contributed by atoms with Gasteiger partial charge in [-0.2, -0.15) is 0 Å². The summed E-state index contributed by atoms with van der Waals surface area (Å²) in [6.07, 6.45) is 1.49. The number of hydrogen-bond donors (Lipinski definition) is 1. The van der Waals surface area contributed by atoms with Crippen LogP contribution in [-0.2, 0) is 16.3 Å². The maximum Gasteiger partial charge on any atom is 0.150 e. The number of rotatable bonds is 3. The summed E-state index contributed by atoms with van der Waals surface area (Å²) in [6, 6.07) is 8.09. The molecule has 3 nitrogen and oxygen atoms in total. The first kappa shape index (κ1) is 12.6. The Morgan fingerprint density at radius 2 is 2.12 bits per heavy atom. The van der Waals surface area contributed by atoms with Gasteiger partial charge in [0.25, 0.3) is 0 Å². The van der Waals surface area contributed by atoms with Crippen LogP contribution in [0.4, 0.5) is 0 Å². The second-order valence-corrected chi connectivity index (χ2v) is 7.19. The monoisotopic (exact) mass is 253 g/mol. The zero-order valence-electron chi connectivity index (χ0n) is 10.1. The molecule has 94 valence electrons. The van der Waals surface area contributed by atoms with Crippen molar-refractivity contribution in [2.75, 3.05) is 11.5 Å². The largest absolute Gasteiger partial charge is 0.327 e. The van der Waals surface area contributed by atoms with E-state index in [9.17, 15) is 8.42 Å². The van der Waals surface area contributed by atoms with Gasteiger partial charge < -0.3 is 5.73 Å². The lowest BCUT2D eigenvalue weighted by molar-refractivity contribution is 0.460. The maximum absolute atomic E-state index is 11.4. The summed E-state index contributed by atoms with van der Waals surface area (Å²) in [6.45, 7) is 2.06. The van der Waals surface area contributed by atoms with Gasteiger partial charge in [0.05, 0.1) is 11.5 Å². The second kappa shape index (κ2) is 4.78. The number of aryl methyl sites for hydroxylation is 1. The number of benzene rings is 1. The van der Waals surface area contributed by atoms with E-state index >= 15 is 0 Å². The van der Waals surface area contributed by atoms with E-state index in [1.807, 2.05) is 12.1 Å². The molecule has 2 atom stereocenters. The maximum atomic E-state index is 11.4. The van der Waals surface area contributed by atoms with Crippen molar-refractivity contribution in [1.29, 1.82) is 0 Å². The molecule has 17 heavy (non-hydrogen) atoms. The van der Waals surface area contributed by atoms with Crippen LogP contribution in [0.15, 0.2) is 24.3 Å². The minimum Gasteiger partial charge on any atom is -0.327 e. The van der Waals surface area contributed by atoms with Crippen molar-refractivity contribution >= 4 is 9.84 Å². The molecular formula is C13H19NO2S. The Morgan fingerprint density at radius 3 is 2.71 bits per heavy atom. The van der Waals surface area contributed by atoms with Gasteiger partial charge in [-0.05, 0) is 36.8 Å². The number of hydrogen-bond acceptors (Lipinski definition) is 3. The van der Waals surface area contributed by atoms with Crippen LogP contribution in [0, 0.1) is 12.8 Å². The molecule has 1 heterocycles. The normalized spacial score (nSPS) is 24.7. The van der Waals surface area contributed by atoms with Gasteiger partial charge in [-0.15, -0.1) is 0 Å². The first-order valence-electron chi connectivity index (χ1n) is 5.98. The lowest BCUT2D eigenvalue weighted by atomic mass is 9.92. The Kier molecular flexibility index (Phi) is 3.54. The predicted molar refractivity (Wildman–Crippen MR) is 69.6 cm³/mol. The molecule has 1 aromatic carbocycles. The first-order chi connectivity index (χ1) is 7.98. The van der Waals surface area contributed by atoms with Gasteiger partial charge in [0.15, 0.2) is 9.84 Å². The molecule has 0 aromatic heterocycles. The molecule has 0 radical (unpaired) electrons. The molecular weight excluding hydrogens is 234 g/mol. The Bertz CT molecular complexity index is 496. The van der Waals surface area contributed by atoms with Crippen molar-refractivity contribution in [2.24, 2.45) is 11.7 Å². The van der Waals surface area contributed by atoms with E-state index in [2.05, 4.69) is 19.1 Å². The summed E-state index contributed by atoms with van der Waals surface area (Å²) >= 11 is 0. The third kappa shape index (κ3) is 3.07. The average molecular weight is 253 g/mol. The zero-order valence-corrected chi connectivity index (χ0v) is 10.9. The summed E-state index contributed by atoms with van der Waals surface area (Å²) in [5, 5.41) is 0. The van der Waals surface area contributed by atoms with Crippen molar-refractivity contribution in [3.63, 3.8) is 0 Å². The zero-order chi connectivity index (χ0) is 12.5. The quantitative estimate of drug-likeness (QED) is 0.883. The van der Waals surface area contributed by atoms with E-state index in [0.717, 1.165) is 12.8 Å². The van der Waals surface area contributed by atoms with E-state index < -0.39 is 9.84 Å². The lowest BCUT2D eigenvalue weighted by Gasteiger charge is -2.18. The third-order valence-electron chi connectivity index (χ3n) is 3.59. The topological polar surface area (TPSA) is 60.2 Å². The highest BCUT2D eigenvalue weighted by atomic mass is 32.2. The molecule has 2 rings (SSSR count). The highest BCUT2D eigenvalue weighted by Crippen LogP contribution is 2.23. The van der Waals surface area contributed by atoms with E-state index in [1.165, 1.54) is 11.1 Å². The Labute approximate surface area is 103 Å². The fourth-order valence-electron chi connectivity index (χ4n) is 2.42. The van der Waals surface area contributed by atoms with Crippen LogP contribution in [-0.4, -0.2) is 26.0 Å². The Hall–Kier alpha value is -0.870. The van der Waals surface area contributed by atoms with Gasteiger partial charge in [0.2, 0.25) is 0 Å². The van der Waals surface area contributed by atoms with Crippen molar-refractivity contribution in [3.8, 4) is 0 Å². The SMILES string of the molecule is Cc1ccccc1CC(N)C1CCS(=O)(=O)C1. The molecule has 0 amide bonds. The highest BCUT2D eigenvalue weighted by Gasteiger charge is 2.31. The molecule has 0 bridgehead atoms. The van der Waals surface area contributed by atoms with Gasteiger partial charge in [0.1, 0.15) is 0 Å². The van der Waals surface area contributed by atoms with Crippen LogP contribution in [0.2, 0.25) is 0 Å². The van der Waals surface area contributed by atoms with Gasteiger partial charge in [0, 0.05) is 6.04 Å². The van der Waals surface area contributed by atoms with Crippen molar-refractivity contribution in [3.05, 3.63) is 35.4 Å². The summed E-state index contributed by atoms with van der Waals surface area (Å²) < 4.78 is 22.8. The third-order valence-corrected chi connectivity index (χ3v) is 5.38. The smallest absolute Gasteiger partial charge is 0.150 e. The molecule has 1 fully saturated rings. The van der Waals surface area contributed by atoms with Crippen LogP contribution in [0.25, 0.3) is 0 Å². The average Bonchev–Trinajstić information content (AvgIpc) is 2.62. The fourth-order valence-corrected chi connectivity index (χ4v) is 4.32. The molecule has 2 N–H and O–H groups in total. The van der Waals surface area contributed by atoms with Gasteiger partial charge in [-0.3, -0.25) is 0 Å². The van der Waals surface area contributed by atoms with E-state index in [-0.39, 0.29) is 17.7 Å². The molecule has 0 aliphatic carbocycles. The lowest BCUT2D eigenvalue weighted by Crippen LogP contribution is -2.33. The molecule has 1 aromatic rings. The Balaban J connectivity index is 2.03. The predicted octanol–water partition coefficient (Wildman–Crippen LogP) is 1.30. The molecule has 0 spiro atoms. The molecule has 1 saturated heterocycles. The minimum absolute atomic E-state index is 0.0478. The summed E-state index contributed by atoms with van der Waals surface area (Å²) in [5.41, 5.74) is 8.59. The molecule has 1 aliphatic heterocycles. The van der Waals surface area contributed by atoms with Crippen LogP contribution < -0.4 is 5.73 Å². The van der Waals surface area contributed by atoms with Crippen LogP contribution in [0.3, 0.4) is 0 Å². The van der Waals surface area contributed by atoms with Gasteiger partial charge >= 0.3 is 0 Å². The van der Waals surface area contributed by atoms with E-state index in [4.69, 9.17) is 5.73 Å². The molecule has 1 aliphatic rings. The minimum atomic E-state index is -2.82. The van der Waals surface area contributed by atoms with E-state index in [0.29, 0.717) is 5.75 Å². The van der Waals surface area contributed by atoms with Crippen molar-refractivity contribution in [1.82, 2.24) is 0 Å². The second-order valence-electron chi connectivity index (χ2n) is 4.96. The standard InChI is InChI=1S/C13H19NO2S/c1-10-4-2-3-5-11(10)8-13(14)12-6-7-17(15,16)9-12/h2-5,12-13H,6-9,14H2,1H3. The van der Waals surface area contributed by atoms with E-state index in [1.54, 1.807) is 0 Å². The molecule has 0 saturated carbocycles. The van der Waals surface area contributed by atoms with Gasteiger partial charge in [-0.1, -0.05) is 24.3 Å². The molecule has 2 unspecified atom stereocenters. The summed E-state index contributed by atoms with van der Waals surface area (Å²) in [7, 11) is -2.82. The van der Waals surface area contributed by atoms with Crippen LogP contribution in [0.5, 0.6) is 0 Å². The fraction of sp³-hybridized carbons (Fsp3) is 0.538. The number of nitrogens with two attached hydrogens (primary N) is 1. The first-order valence-corrected chi connectivity index (χ1v) is 7.80. The Morgan fingerprint density at radius 1 is 1.41 bits per heavy atom. The van der Waals surface area contributed by atoms with Gasteiger partial charge in [-0.25, -0.2) is 8.42 Å². The highest BCUT2D eigenvalue weighted by molar-refractivity contribution is 7.91. The van der Waals surface area contributed by atoms with Crippen molar-refractivity contribution < 1.29 is 8.42 Å². The summed E-state index contributed by atoms with van der Waals surface area (Å²) in [4.78, 5) is 0. The summed E-state index contributed by atoms with van der Waals surface area (Å²) in [5.74, 6) is 0.693. The van der Waals surface area contributed by atoms with Crippen LogP contribution in [0.1, 0.15) is 17.5 Å². The molecule has 4 heteroatoms.